The van der Waals surface area contributed by atoms with Crippen molar-refractivity contribution in [2.45, 2.75) is 20.0 Å². The summed E-state index contributed by atoms with van der Waals surface area (Å²) < 4.78 is 10.9. The topological polar surface area (TPSA) is 63.4 Å². The molecule has 3 rings (SSSR count). The highest BCUT2D eigenvalue weighted by atomic mass is 16.5. The molecule has 5 heteroatoms. The van der Waals surface area contributed by atoms with Crippen LogP contribution in [0.1, 0.15) is 18.1 Å². The summed E-state index contributed by atoms with van der Waals surface area (Å²) in [5.41, 5.74) is 2.48. The number of hydrogen-bond acceptors (Lipinski definition) is 4. The van der Waals surface area contributed by atoms with E-state index >= 15 is 0 Å². The van der Waals surface area contributed by atoms with E-state index in [4.69, 9.17) is 9.47 Å². The lowest BCUT2D eigenvalue weighted by molar-refractivity contribution is 0.340. The predicted molar refractivity (Wildman–Crippen MR) is 99.3 cm³/mol. The first-order chi connectivity index (χ1) is 12.2. The zero-order chi connectivity index (χ0) is 17.6. The largest absolute Gasteiger partial charge is 0.496 e. The lowest BCUT2D eigenvalue weighted by atomic mass is 10.1. The van der Waals surface area contributed by atoms with Crippen LogP contribution in [0.5, 0.6) is 11.5 Å². The third kappa shape index (κ3) is 4.00. The van der Waals surface area contributed by atoms with Gasteiger partial charge in [-0.3, -0.25) is 4.79 Å². The molecule has 0 unspecified atom stereocenters. The second-order valence-electron chi connectivity index (χ2n) is 5.72. The predicted octanol–water partition coefficient (Wildman–Crippen LogP) is 3.23. The molecule has 0 saturated carbocycles. The maximum Gasteiger partial charge on any atom is 0.252 e. The van der Waals surface area contributed by atoms with Crippen molar-refractivity contribution in [1.82, 2.24) is 10.3 Å². The van der Waals surface area contributed by atoms with Crippen LogP contribution in [0.15, 0.2) is 53.3 Å². The van der Waals surface area contributed by atoms with Crippen LogP contribution in [0.3, 0.4) is 0 Å². The number of para-hydroxylation sites is 1. The first kappa shape index (κ1) is 17.0. The van der Waals surface area contributed by atoms with E-state index in [0.717, 1.165) is 28.0 Å². The summed E-state index contributed by atoms with van der Waals surface area (Å²) in [6, 6.07) is 15.4. The zero-order valence-electron chi connectivity index (χ0n) is 14.5. The summed E-state index contributed by atoms with van der Waals surface area (Å²) in [5.74, 6) is 1.64. The highest BCUT2D eigenvalue weighted by Gasteiger charge is 2.06. The van der Waals surface area contributed by atoms with Gasteiger partial charge in [-0.2, -0.15) is 0 Å². The SMILES string of the molecule is CCOc1ccc2[nH]c(=O)c(CNCc3ccccc3OC)cc2c1. The summed E-state index contributed by atoms with van der Waals surface area (Å²) in [5, 5.41) is 4.26. The normalized spacial score (nSPS) is 10.8. The Morgan fingerprint density at radius 3 is 2.64 bits per heavy atom. The third-order valence-corrected chi connectivity index (χ3v) is 4.03. The van der Waals surface area contributed by atoms with Crippen molar-refractivity contribution in [3.63, 3.8) is 0 Å². The minimum Gasteiger partial charge on any atom is -0.496 e. The number of rotatable bonds is 7. The zero-order valence-corrected chi connectivity index (χ0v) is 14.5. The molecule has 3 aromatic rings. The Balaban J connectivity index is 1.76. The van der Waals surface area contributed by atoms with Crippen LogP contribution in [0.25, 0.3) is 10.9 Å². The van der Waals surface area contributed by atoms with Gasteiger partial charge in [0, 0.05) is 35.1 Å². The van der Waals surface area contributed by atoms with Crippen LogP contribution in [0.4, 0.5) is 0 Å². The number of aromatic amines is 1. The van der Waals surface area contributed by atoms with E-state index in [1.165, 1.54) is 0 Å². The Bertz CT molecular complexity index is 918. The molecule has 0 amide bonds. The molecule has 0 aliphatic carbocycles. The molecule has 5 nitrogen and oxygen atoms in total. The minimum absolute atomic E-state index is 0.0795. The molecule has 1 heterocycles. The fraction of sp³-hybridized carbons (Fsp3) is 0.250. The van der Waals surface area contributed by atoms with Crippen molar-refractivity contribution in [2.75, 3.05) is 13.7 Å². The van der Waals surface area contributed by atoms with Gasteiger partial charge in [-0.15, -0.1) is 0 Å². The lowest BCUT2D eigenvalue weighted by Crippen LogP contribution is -2.21. The number of pyridine rings is 1. The second kappa shape index (κ2) is 7.85. The molecule has 2 N–H and O–H groups in total. The van der Waals surface area contributed by atoms with E-state index in [2.05, 4.69) is 10.3 Å². The van der Waals surface area contributed by atoms with Crippen LogP contribution < -0.4 is 20.3 Å². The Morgan fingerprint density at radius 1 is 1.04 bits per heavy atom. The van der Waals surface area contributed by atoms with Crippen molar-refractivity contribution in [2.24, 2.45) is 0 Å². The van der Waals surface area contributed by atoms with Gasteiger partial charge in [0.25, 0.3) is 5.56 Å². The first-order valence-corrected chi connectivity index (χ1v) is 8.32. The standard InChI is InChI=1S/C20H22N2O3/c1-3-25-17-8-9-18-15(11-17)10-16(20(23)22-18)13-21-12-14-6-4-5-7-19(14)24-2/h4-11,21H,3,12-13H2,1-2H3,(H,22,23). The van der Waals surface area contributed by atoms with Crippen molar-refractivity contribution in [3.05, 3.63) is 70.0 Å². The first-order valence-electron chi connectivity index (χ1n) is 8.32. The van der Waals surface area contributed by atoms with Gasteiger partial charge < -0.3 is 19.8 Å². The Hall–Kier alpha value is -2.79. The summed E-state index contributed by atoms with van der Waals surface area (Å²) in [7, 11) is 1.66. The van der Waals surface area contributed by atoms with E-state index in [9.17, 15) is 4.79 Å². The average molecular weight is 338 g/mol. The maximum absolute atomic E-state index is 12.3. The van der Waals surface area contributed by atoms with Crippen molar-refractivity contribution >= 4 is 10.9 Å². The molecule has 0 spiro atoms. The molecular formula is C20H22N2O3. The molecule has 25 heavy (non-hydrogen) atoms. The van der Waals surface area contributed by atoms with Crippen LogP contribution in [-0.2, 0) is 13.1 Å². The third-order valence-electron chi connectivity index (χ3n) is 4.03. The number of ether oxygens (including phenoxy) is 2. The fourth-order valence-corrected chi connectivity index (χ4v) is 2.80. The second-order valence-corrected chi connectivity index (χ2v) is 5.72. The van der Waals surface area contributed by atoms with E-state index in [-0.39, 0.29) is 5.56 Å². The summed E-state index contributed by atoms with van der Waals surface area (Å²) in [6.07, 6.45) is 0. The van der Waals surface area contributed by atoms with E-state index in [0.29, 0.717) is 25.3 Å². The number of methoxy groups -OCH3 is 1. The Kier molecular flexibility index (Phi) is 5.36. The number of hydrogen-bond donors (Lipinski definition) is 2. The molecule has 0 bridgehead atoms. The Morgan fingerprint density at radius 2 is 1.84 bits per heavy atom. The summed E-state index contributed by atoms with van der Waals surface area (Å²) in [6.45, 7) is 3.66. The van der Waals surface area contributed by atoms with E-state index < -0.39 is 0 Å². The number of aromatic nitrogens is 1. The molecule has 130 valence electrons. The molecule has 0 aliphatic rings. The molecule has 0 atom stereocenters. The van der Waals surface area contributed by atoms with Gasteiger partial charge in [0.15, 0.2) is 0 Å². The highest BCUT2D eigenvalue weighted by Crippen LogP contribution is 2.20. The molecule has 0 aliphatic heterocycles. The average Bonchev–Trinajstić information content (AvgIpc) is 2.63. The quantitative estimate of drug-likeness (QED) is 0.694. The van der Waals surface area contributed by atoms with Crippen LogP contribution in [0, 0.1) is 0 Å². The van der Waals surface area contributed by atoms with Crippen LogP contribution in [0.2, 0.25) is 0 Å². The molecule has 0 radical (unpaired) electrons. The minimum atomic E-state index is -0.0795. The van der Waals surface area contributed by atoms with Gasteiger partial charge in [0.2, 0.25) is 0 Å². The number of fused-ring (bicyclic) bond motifs is 1. The summed E-state index contributed by atoms with van der Waals surface area (Å²) >= 11 is 0. The smallest absolute Gasteiger partial charge is 0.252 e. The van der Waals surface area contributed by atoms with Crippen LogP contribution in [-0.4, -0.2) is 18.7 Å². The summed E-state index contributed by atoms with van der Waals surface area (Å²) in [4.78, 5) is 15.2. The van der Waals surface area contributed by atoms with Gasteiger partial charge in [0.05, 0.1) is 13.7 Å². The van der Waals surface area contributed by atoms with Gasteiger partial charge in [-0.05, 0) is 37.3 Å². The number of nitrogens with one attached hydrogen (secondary N) is 2. The number of benzene rings is 2. The number of H-pyrrole nitrogens is 1. The van der Waals surface area contributed by atoms with E-state index in [1.54, 1.807) is 7.11 Å². The molecule has 2 aromatic carbocycles. The van der Waals surface area contributed by atoms with Crippen molar-refractivity contribution in [1.29, 1.82) is 0 Å². The molecule has 0 fully saturated rings. The Labute approximate surface area is 146 Å². The van der Waals surface area contributed by atoms with Crippen molar-refractivity contribution in [3.8, 4) is 11.5 Å². The highest BCUT2D eigenvalue weighted by molar-refractivity contribution is 5.80. The monoisotopic (exact) mass is 338 g/mol. The molecular weight excluding hydrogens is 316 g/mol. The van der Waals surface area contributed by atoms with E-state index in [1.807, 2.05) is 55.5 Å². The van der Waals surface area contributed by atoms with Gasteiger partial charge in [-0.1, -0.05) is 18.2 Å². The van der Waals surface area contributed by atoms with Crippen LogP contribution >= 0.6 is 0 Å². The van der Waals surface area contributed by atoms with Gasteiger partial charge >= 0.3 is 0 Å². The maximum atomic E-state index is 12.3. The van der Waals surface area contributed by atoms with Gasteiger partial charge in [0.1, 0.15) is 11.5 Å². The van der Waals surface area contributed by atoms with Crippen molar-refractivity contribution < 1.29 is 9.47 Å². The molecule has 0 saturated heterocycles. The fourth-order valence-electron chi connectivity index (χ4n) is 2.80. The van der Waals surface area contributed by atoms with Gasteiger partial charge in [-0.25, -0.2) is 0 Å². The lowest BCUT2D eigenvalue weighted by Gasteiger charge is -2.10. The molecule has 1 aromatic heterocycles.